The third-order valence-corrected chi connectivity index (χ3v) is 5.06. The van der Waals surface area contributed by atoms with Gasteiger partial charge >= 0.3 is 0 Å². The van der Waals surface area contributed by atoms with Crippen LogP contribution in [0.5, 0.6) is 0 Å². The first-order valence-electron chi connectivity index (χ1n) is 8.09. The molecule has 2 N–H and O–H groups in total. The van der Waals surface area contributed by atoms with Crippen LogP contribution in [-0.2, 0) is 4.74 Å². The Bertz CT molecular complexity index is 567. The topological polar surface area (TPSA) is 76.4 Å². The highest BCUT2D eigenvalue weighted by molar-refractivity contribution is 5.92. The molecular formula is C16H25N3O3. The largest absolute Gasteiger partial charge is 0.385 e. The molecule has 1 saturated heterocycles. The molecule has 0 bridgehead atoms. The van der Waals surface area contributed by atoms with Crippen LogP contribution in [0.15, 0.2) is 6.07 Å². The SMILES string of the molecule is Cc1cc(C(=O)NCC2(O)CCOC2C)nn1C(C)C1CC1. The van der Waals surface area contributed by atoms with Gasteiger partial charge in [0.25, 0.3) is 5.91 Å². The Kier molecular flexibility index (Phi) is 3.99. The van der Waals surface area contributed by atoms with Gasteiger partial charge in [0.05, 0.1) is 12.1 Å². The molecule has 2 fully saturated rings. The summed E-state index contributed by atoms with van der Waals surface area (Å²) in [6, 6.07) is 2.15. The zero-order chi connectivity index (χ0) is 15.9. The second kappa shape index (κ2) is 5.66. The van der Waals surface area contributed by atoms with Crippen LogP contribution in [0.3, 0.4) is 0 Å². The molecule has 0 spiro atoms. The van der Waals surface area contributed by atoms with E-state index < -0.39 is 5.60 Å². The molecule has 1 amide bonds. The molecular weight excluding hydrogens is 282 g/mol. The predicted octanol–water partition coefficient (Wildman–Crippen LogP) is 1.43. The van der Waals surface area contributed by atoms with Gasteiger partial charge < -0.3 is 15.2 Å². The van der Waals surface area contributed by atoms with E-state index in [1.807, 2.05) is 24.6 Å². The van der Waals surface area contributed by atoms with Crippen LogP contribution in [0.1, 0.15) is 55.3 Å². The smallest absolute Gasteiger partial charge is 0.271 e. The molecule has 1 aromatic heterocycles. The number of hydrogen-bond acceptors (Lipinski definition) is 4. The Balaban J connectivity index is 1.64. The molecule has 1 aliphatic heterocycles. The van der Waals surface area contributed by atoms with Crippen LogP contribution >= 0.6 is 0 Å². The van der Waals surface area contributed by atoms with Crippen molar-refractivity contribution >= 4 is 5.91 Å². The monoisotopic (exact) mass is 307 g/mol. The fourth-order valence-electron chi connectivity index (χ4n) is 3.12. The van der Waals surface area contributed by atoms with Crippen molar-refractivity contribution in [3.63, 3.8) is 0 Å². The second-order valence-corrected chi connectivity index (χ2v) is 6.74. The lowest BCUT2D eigenvalue weighted by Crippen LogP contribution is -2.47. The summed E-state index contributed by atoms with van der Waals surface area (Å²) in [6.45, 7) is 6.68. The third-order valence-electron chi connectivity index (χ3n) is 5.06. The van der Waals surface area contributed by atoms with Crippen molar-refractivity contribution < 1.29 is 14.6 Å². The van der Waals surface area contributed by atoms with Crippen LogP contribution in [0.25, 0.3) is 0 Å². The van der Waals surface area contributed by atoms with E-state index in [1.165, 1.54) is 12.8 Å². The maximum Gasteiger partial charge on any atom is 0.271 e. The van der Waals surface area contributed by atoms with Gasteiger partial charge in [0.2, 0.25) is 0 Å². The maximum absolute atomic E-state index is 12.3. The molecule has 6 nitrogen and oxygen atoms in total. The Labute approximate surface area is 130 Å². The summed E-state index contributed by atoms with van der Waals surface area (Å²) in [6.07, 6.45) is 2.77. The quantitative estimate of drug-likeness (QED) is 0.863. The highest BCUT2D eigenvalue weighted by Crippen LogP contribution is 2.39. The van der Waals surface area contributed by atoms with Crippen molar-refractivity contribution in [1.29, 1.82) is 0 Å². The molecule has 6 heteroatoms. The van der Waals surface area contributed by atoms with Gasteiger partial charge in [-0.1, -0.05) is 0 Å². The lowest BCUT2D eigenvalue weighted by atomic mass is 9.97. The number of nitrogens with zero attached hydrogens (tertiary/aromatic N) is 2. The number of hydrogen-bond donors (Lipinski definition) is 2. The van der Waals surface area contributed by atoms with Crippen LogP contribution in [0.2, 0.25) is 0 Å². The van der Waals surface area contributed by atoms with Gasteiger partial charge in [-0.25, -0.2) is 0 Å². The van der Waals surface area contributed by atoms with Gasteiger partial charge in [-0.15, -0.1) is 0 Å². The molecule has 122 valence electrons. The molecule has 3 unspecified atom stereocenters. The van der Waals surface area contributed by atoms with Crippen molar-refractivity contribution in [3.05, 3.63) is 17.5 Å². The lowest BCUT2D eigenvalue weighted by Gasteiger charge is -2.25. The summed E-state index contributed by atoms with van der Waals surface area (Å²) in [5.41, 5.74) is 0.440. The summed E-state index contributed by atoms with van der Waals surface area (Å²) < 4.78 is 7.32. The van der Waals surface area contributed by atoms with Crippen LogP contribution in [-0.4, -0.2) is 45.7 Å². The molecule has 0 aromatic carbocycles. The van der Waals surface area contributed by atoms with E-state index in [0.717, 1.165) is 5.69 Å². The minimum Gasteiger partial charge on any atom is -0.385 e. The number of carbonyl (C=O) groups excluding carboxylic acids is 1. The van der Waals surface area contributed by atoms with Crippen molar-refractivity contribution in [2.24, 2.45) is 5.92 Å². The molecule has 22 heavy (non-hydrogen) atoms. The normalized spacial score (nSPS) is 29.5. The summed E-state index contributed by atoms with van der Waals surface area (Å²) in [4.78, 5) is 12.3. The van der Waals surface area contributed by atoms with E-state index >= 15 is 0 Å². The zero-order valence-electron chi connectivity index (χ0n) is 13.5. The number of aromatic nitrogens is 2. The minimum atomic E-state index is -0.978. The molecule has 2 aliphatic rings. The van der Waals surface area contributed by atoms with Crippen LogP contribution < -0.4 is 5.32 Å². The molecule has 3 atom stereocenters. The summed E-state index contributed by atoms with van der Waals surface area (Å²) in [5, 5.41) is 17.7. The number of rotatable bonds is 5. The fourth-order valence-corrected chi connectivity index (χ4v) is 3.12. The van der Waals surface area contributed by atoms with E-state index in [1.54, 1.807) is 0 Å². The summed E-state index contributed by atoms with van der Waals surface area (Å²) in [5.74, 6) is 0.448. The number of amides is 1. The number of carbonyl (C=O) groups is 1. The Hall–Kier alpha value is -1.40. The van der Waals surface area contributed by atoms with E-state index in [0.29, 0.717) is 30.7 Å². The molecule has 1 aromatic rings. The highest BCUT2D eigenvalue weighted by Gasteiger charge is 2.40. The van der Waals surface area contributed by atoms with Gasteiger partial charge in [0.15, 0.2) is 0 Å². The standard InChI is InChI=1S/C16H25N3O3/c1-10-8-14(18-19(10)11(2)13-4-5-13)15(20)17-9-16(21)6-7-22-12(16)3/h8,11-13,21H,4-7,9H2,1-3H3,(H,17,20). The number of nitrogens with one attached hydrogen (secondary N) is 1. The van der Waals surface area contributed by atoms with Gasteiger partial charge in [-0.2, -0.15) is 5.10 Å². The lowest BCUT2D eigenvalue weighted by molar-refractivity contribution is -0.0252. The zero-order valence-corrected chi connectivity index (χ0v) is 13.5. The highest BCUT2D eigenvalue weighted by atomic mass is 16.5. The molecule has 0 radical (unpaired) electrons. The van der Waals surface area contributed by atoms with Gasteiger partial charge in [-0.3, -0.25) is 9.48 Å². The predicted molar refractivity (Wildman–Crippen MR) is 81.7 cm³/mol. The average Bonchev–Trinajstić information content (AvgIpc) is 3.19. The maximum atomic E-state index is 12.3. The summed E-state index contributed by atoms with van der Waals surface area (Å²) >= 11 is 0. The van der Waals surface area contributed by atoms with Crippen molar-refractivity contribution in [1.82, 2.24) is 15.1 Å². The molecule has 1 saturated carbocycles. The number of ether oxygens (including phenoxy) is 1. The Morgan fingerprint density at radius 1 is 1.64 bits per heavy atom. The first-order valence-corrected chi connectivity index (χ1v) is 8.09. The van der Waals surface area contributed by atoms with Crippen LogP contribution in [0.4, 0.5) is 0 Å². The molecule has 3 rings (SSSR count). The fraction of sp³-hybridized carbons (Fsp3) is 0.750. The third kappa shape index (κ3) is 2.90. The number of aliphatic hydroxyl groups is 1. The van der Waals surface area contributed by atoms with E-state index in [4.69, 9.17) is 4.74 Å². The molecule has 1 aliphatic carbocycles. The van der Waals surface area contributed by atoms with Crippen molar-refractivity contribution in [2.75, 3.05) is 13.2 Å². The second-order valence-electron chi connectivity index (χ2n) is 6.74. The first kappa shape index (κ1) is 15.5. The average molecular weight is 307 g/mol. The minimum absolute atomic E-state index is 0.192. The van der Waals surface area contributed by atoms with Gasteiger partial charge in [0.1, 0.15) is 11.3 Å². The molecule has 2 heterocycles. The van der Waals surface area contributed by atoms with E-state index in [9.17, 15) is 9.90 Å². The first-order chi connectivity index (χ1) is 10.4. The van der Waals surface area contributed by atoms with Crippen molar-refractivity contribution in [2.45, 2.75) is 57.8 Å². The van der Waals surface area contributed by atoms with Crippen LogP contribution in [0, 0.1) is 12.8 Å². The van der Waals surface area contributed by atoms with E-state index in [2.05, 4.69) is 17.3 Å². The van der Waals surface area contributed by atoms with Crippen molar-refractivity contribution in [3.8, 4) is 0 Å². The van der Waals surface area contributed by atoms with E-state index in [-0.39, 0.29) is 18.6 Å². The Morgan fingerprint density at radius 2 is 2.36 bits per heavy atom. The van der Waals surface area contributed by atoms with Gasteiger partial charge in [0, 0.05) is 25.3 Å². The number of aryl methyl sites for hydroxylation is 1. The summed E-state index contributed by atoms with van der Waals surface area (Å²) in [7, 11) is 0. The van der Waals surface area contributed by atoms with Gasteiger partial charge in [-0.05, 0) is 45.6 Å². The Morgan fingerprint density at radius 3 is 2.95 bits per heavy atom.